The molecule has 0 spiro atoms. The van der Waals surface area contributed by atoms with Gasteiger partial charge in [0.15, 0.2) is 0 Å². The predicted octanol–water partition coefficient (Wildman–Crippen LogP) is 3.87. The Hall–Kier alpha value is -1.70. The maximum atomic E-state index is 13.0. The summed E-state index contributed by atoms with van der Waals surface area (Å²) in [7, 11) is -3.73. The fourth-order valence-corrected chi connectivity index (χ4v) is 5.81. The van der Waals surface area contributed by atoms with Gasteiger partial charge in [-0.2, -0.15) is 4.72 Å². The minimum absolute atomic E-state index is 0.123. The van der Waals surface area contributed by atoms with Crippen LogP contribution in [0.25, 0.3) is 0 Å². The van der Waals surface area contributed by atoms with E-state index in [1.807, 2.05) is 30.3 Å². The first kappa shape index (κ1) is 21.0. The molecule has 1 aromatic carbocycles. The summed E-state index contributed by atoms with van der Waals surface area (Å²) in [6.07, 6.45) is 8.12. The van der Waals surface area contributed by atoms with Gasteiger partial charge >= 0.3 is 0 Å². The summed E-state index contributed by atoms with van der Waals surface area (Å²) in [4.78, 5) is 13.0. The molecule has 1 aliphatic rings. The fraction of sp³-hybridized carbons (Fsp3) is 0.476. The van der Waals surface area contributed by atoms with Crippen molar-refractivity contribution >= 4 is 27.3 Å². The molecule has 0 saturated heterocycles. The number of sulfonamides is 1. The third kappa shape index (κ3) is 6.15. The number of hydrogen-bond acceptors (Lipinski definition) is 4. The molecule has 0 bridgehead atoms. The molecule has 1 fully saturated rings. The van der Waals surface area contributed by atoms with Gasteiger partial charge in [-0.1, -0.05) is 68.5 Å². The van der Waals surface area contributed by atoms with E-state index < -0.39 is 16.1 Å². The van der Waals surface area contributed by atoms with Crippen molar-refractivity contribution in [3.8, 4) is 0 Å². The lowest BCUT2D eigenvalue weighted by Crippen LogP contribution is -2.50. The molecule has 1 aliphatic carbocycles. The first-order valence-corrected chi connectivity index (χ1v) is 12.3. The predicted molar refractivity (Wildman–Crippen MR) is 113 cm³/mol. The molecule has 1 amide bonds. The summed E-state index contributed by atoms with van der Waals surface area (Å²) >= 11 is 1.15. The zero-order chi connectivity index (χ0) is 19.8. The van der Waals surface area contributed by atoms with Gasteiger partial charge in [0.2, 0.25) is 5.91 Å². The Morgan fingerprint density at radius 3 is 2.32 bits per heavy atom. The molecule has 7 heteroatoms. The SMILES string of the molecule is O=C(NC1CCCCCCC1)[C@@H](Cc1ccccc1)NS(=O)(=O)c1cccs1. The minimum Gasteiger partial charge on any atom is -0.352 e. The molecule has 5 nitrogen and oxygen atoms in total. The van der Waals surface area contributed by atoms with Crippen LogP contribution in [0.5, 0.6) is 0 Å². The van der Waals surface area contributed by atoms with Gasteiger partial charge in [0.25, 0.3) is 10.0 Å². The van der Waals surface area contributed by atoms with Crippen LogP contribution in [0.3, 0.4) is 0 Å². The Kier molecular flexibility index (Phi) is 7.65. The summed E-state index contributed by atoms with van der Waals surface area (Å²) in [5.74, 6) is -0.241. The van der Waals surface area contributed by atoms with Crippen LogP contribution < -0.4 is 10.0 Å². The molecule has 0 aliphatic heterocycles. The number of thiophene rings is 1. The van der Waals surface area contributed by atoms with E-state index in [0.29, 0.717) is 6.42 Å². The molecule has 2 aromatic rings. The van der Waals surface area contributed by atoms with Crippen molar-refractivity contribution in [2.24, 2.45) is 0 Å². The average molecular weight is 421 g/mol. The molecular formula is C21H28N2O3S2. The van der Waals surface area contributed by atoms with Crippen LogP contribution in [0.2, 0.25) is 0 Å². The summed E-state index contributed by atoms with van der Waals surface area (Å²) in [5.41, 5.74) is 0.925. The number of amides is 1. The fourth-order valence-electron chi connectivity index (χ4n) is 3.60. The van der Waals surface area contributed by atoms with Gasteiger partial charge in [-0.25, -0.2) is 8.42 Å². The maximum absolute atomic E-state index is 13.0. The minimum atomic E-state index is -3.73. The number of rotatable bonds is 7. The Labute approximate surface area is 171 Å². The smallest absolute Gasteiger partial charge is 0.250 e. The highest BCUT2D eigenvalue weighted by atomic mass is 32.2. The van der Waals surface area contributed by atoms with Crippen molar-refractivity contribution in [2.75, 3.05) is 0 Å². The highest BCUT2D eigenvalue weighted by molar-refractivity contribution is 7.91. The van der Waals surface area contributed by atoms with Gasteiger partial charge in [-0.3, -0.25) is 4.79 Å². The molecular weight excluding hydrogens is 392 g/mol. The third-order valence-electron chi connectivity index (χ3n) is 5.11. The number of carbonyl (C=O) groups excluding carboxylic acids is 1. The molecule has 152 valence electrons. The van der Waals surface area contributed by atoms with Crippen molar-refractivity contribution in [2.45, 2.75) is 67.7 Å². The van der Waals surface area contributed by atoms with E-state index >= 15 is 0 Å². The van der Waals surface area contributed by atoms with Crippen LogP contribution in [0.1, 0.15) is 50.5 Å². The van der Waals surface area contributed by atoms with Gasteiger partial charge in [0.1, 0.15) is 10.3 Å². The molecule has 3 rings (SSSR count). The molecule has 0 radical (unpaired) electrons. The largest absolute Gasteiger partial charge is 0.352 e. The van der Waals surface area contributed by atoms with Crippen molar-refractivity contribution in [3.63, 3.8) is 0 Å². The lowest BCUT2D eigenvalue weighted by atomic mass is 9.96. The van der Waals surface area contributed by atoms with Gasteiger partial charge < -0.3 is 5.32 Å². The van der Waals surface area contributed by atoms with E-state index in [9.17, 15) is 13.2 Å². The molecule has 28 heavy (non-hydrogen) atoms. The summed E-state index contributed by atoms with van der Waals surface area (Å²) < 4.78 is 28.3. The lowest BCUT2D eigenvalue weighted by Gasteiger charge is -2.25. The number of benzene rings is 1. The van der Waals surface area contributed by atoms with Crippen LogP contribution in [0.15, 0.2) is 52.1 Å². The van der Waals surface area contributed by atoms with E-state index in [0.717, 1.165) is 42.6 Å². The second-order valence-electron chi connectivity index (χ2n) is 7.35. The zero-order valence-corrected chi connectivity index (χ0v) is 17.6. The van der Waals surface area contributed by atoms with Gasteiger partial charge in [0.05, 0.1) is 0 Å². The van der Waals surface area contributed by atoms with Crippen LogP contribution in [-0.2, 0) is 21.2 Å². The van der Waals surface area contributed by atoms with Gasteiger partial charge in [-0.05, 0) is 36.3 Å². The standard InChI is InChI=1S/C21H28N2O3S2/c24-21(22-18-12-7-2-1-3-8-13-18)19(16-17-10-5-4-6-11-17)23-28(25,26)20-14-9-15-27-20/h4-6,9-11,14-15,18-19,23H,1-3,7-8,12-13,16H2,(H,22,24)/t19-/m1/s1. The highest BCUT2D eigenvalue weighted by Gasteiger charge is 2.28. The van der Waals surface area contributed by atoms with E-state index in [1.165, 1.54) is 19.3 Å². The molecule has 1 aromatic heterocycles. The van der Waals surface area contributed by atoms with E-state index in [-0.39, 0.29) is 16.2 Å². The third-order valence-corrected chi connectivity index (χ3v) is 7.98. The number of carbonyl (C=O) groups is 1. The average Bonchev–Trinajstić information content (AvgIpc) is 3.20. The summed E-state index contributed by atoms with van der Waals surface area (Å²) in [5, 5.41) is 4.83. The Balaban J connectivity index is 1.73. The Bertz CT molecular complexity index is 828. The van der Waals surface area contributed by atoms with Crippen molar-refractivity contribution < 1.29 is 13.2 Å². The lowest BCUT2D eigenvalue weighted by molar-refractivity contribution is -0.123. The topological polar surface area (TPSA) is 75.3 Å². The zero-order valence-electron chi connectivity index (χ0n) is 16.0. The first-order valence-electron chi connectivity index (χ1n) is 9.95. The van der Waals surface area contributed by atoms with Crippen LogP contribution in [0, 0.1) is 0 Å². The van der Waals surface area contributed by atoms with Crippen molar-refractivity contribution in [1.29, 1.82) is 0 Å². The molecule has 1 saturated carbocycles. The summed E-state index contributed by atoms with van der Waals surface area (Å²) in [6, 6.07) is 12.1. The molecule has 0 unspecified atom stereocenters. The first-order chi connectivity index (χ1) is 13.5. The number of nitrogens with one attached hydrogen (secondary N) is 2. The van der Waals surface area contributed by atoms with Crippen LogP contribution >= 0.6 is 11.3 Å². The van der Waals surface area contributed by atoms with Gasteiger partial charge in [0, 0.05) is 6.04 Å². The van der Waals surface area contributed by atoms with Crippen molar-refractivity contribution in [1.82, 2.24) is 10.0 Å². The Morgan fingerprint density at radius 1 is 1.00 bits per heavy atom. The van der Waals surface area contributed by atoms with Crippen LogP contribution in [0.4, 0.5) is 0 Å². The van der Waals surface area contributed by atoms with Crippen LogP contribution in [-0.4, -0.2) is 26.4 Å². The quantitative estimate of drug-likeness (QED) is 0.714. The molecule has 1 heterocycles. The van der Waals surface area contributed by atoms with Crippen molar-refractivity contribution in [3.05, 3.63) is 53.4 Å². The molecule has 2 N–H and O–H groups in total. The second-order valence-corrected chi connectivity index (χ2v) is 10.2. The highest BCUT2D eigenvalue weighted by Crippen LogP contribution is 2.19. The monoisotopic (exact) mass is 420 g/mol. The summed E-state index contributed by atoms with van der Waals surface area (Å²) in [6.45, 7) is 0. The van der Waals surface area contributed by atoms with Gasteiger partial charge in [-0.15, -0.1) is 11.3 Å². The molecule has 1 atom stereocenters. The number of hydrogen-bond donors (Lipinski definition) is 2. The second kappa shape index (κ2) is 10.2. The Morgan fingerprint density at radius 2 is 1.68 bits per heavy atom. The normalized spacial score (nSPS) is 17.4. The van der Waals surface area contributed by atoms with E-state index in [4.69, 9.17) is 0 Å². The van der Waals surface area contributed by atoms with E-state index in [2.05, 4.69) is 10.0 Å². The maximum Gasteiger partial charge on any atom is 0.250 e. The van der Waals surface area contributed by atoms with E-state index in [1.54, 1.807) is 17.5 Å².